The van der Waals surface area contributed by atoms with E-state index in [4.69, 9.17) is 11.6 Å². The molecule has 13 heavy (non-hydrogen) atoms. The van der Waals surface area contributed by atoms with Crippen LogP contribution in [0.2, 0.25) is 0 Å². The fraction of sp³-hybridized carbons (Fsp3) is 0.833. The first-order valence-corrected chi connectivity index (χ1v) is 5.50. The second-order valence-electron chi connectivity index (χ2n) is 5.04. The van der Waals surface area contributed by atoms with Crippen molar-refractivity contribution in [2.75, 3.05) is 0 Å². The SMILES string of the molecule is C=C(Cl)CC(CC)C(C)C(C)(C)C. The molecule has 0 aliphatic carbocycles. The van der Waals surface area contributed by atoms with Crippen molar-refractivity contribution in [3.05, 3.63) is 11.6 Å². The Hall–Kier alpha value is 0.0300. The Bertz CT molecular complexity index is 164. The van der Waals surface area contributed by atoms with Gasteiger partial charge in [-0.05, 0) is 23.7 Å². The van der Waals surface area contributed by atoms with Gasteiger partial charge in [0.2, 0.25) is 0 Å². The van der Waals surface area contributed by atoms with Gasteiger partial charge in [-0.15, -0.1) is 0 Å². The van der Waals surface area contributed by atoms with Gasteiger partial charge >= 0.3 is 0 Å². The van der Waals surface area contributed by atoms with E-state index in [0.717, 1.165) is 11.5 Å². The Kier molecular flexibility index (Phi) is 5.06. The molecule has 0 rings (SSSR count). The molecule has 0 aliphatic heterocycles. The molecule has 0 amide bonds. The number of allylic oxidation sites excluding steroid dienone is 1. The zero-order valence-electron chi connectivity index (χ0n) is 9.65. The zero-order valence-corrected chi connectivity index (χ0v) is 10.4. The summed E-state index contributed by atoms with van der Waals surface area (Å²) < 4.78 is 0. The lowest BCUT2D eigenvalue weighted by Gasteiger charge is -2.34. The van der Waals surface area contributed by atoms with Crippen molar-refractivity contribution in [1.82, 2.24) is 0 Å². The van der Waals surface area contributed by atoms with Crippen LogP contribution in [0.4, 0.5) is 0 Å². The van der Waals surface area contributed by atoms with E-state index in [9.17, 15) is 0 Å². The molecule has 2 atom stereocenters. The highest BCUT2D eigenvalue weighted by Gasteiger charge is 2.27. The smallest absolute Gasteiger partial charge is 0.0112 e. The van der Waals surface area contributed by atoms with Gasteiger partial charge in [0.25, 0.3) is 0 Å². The highest BCUT2D eigenvalue weighted by Crippen LogP contribution is 2.36. The first-order valence-electron chi connectivity index (χ1n) is 5.12. The molecule has 1 heteroatoms. The Labute approximate surface area is 88.4 Å². The van der Waals surface area contributed by atoms with Crippen molar-refractivity contribution in [2.45, 2.75) is 47.5 Å². The summed E-state index contributed by atoms with van der Waals surface area (Å²) in [6, 6.07) is 0. The molecule has 0 aromatic carbocycles. The van der Waals surface area contributed by atoms with Gasteiger partial charge in [0.15, 0.2) is 0 Å². The molecule has 0 heterocycles. The molecule has 0 bridgehead atoms. The predicted molar refractivity (Wildman–Crippen MR) is 62.0 cm³/mol. The Morgan fingerprint density at radius 3 is 2.08 bits per heavy atom. The Balaban J connectivity index is 4.31. The first-order chi connectivity index (χ1) is 5.79. The molecule has 0 nitrogen and oxygen atoms in total. The van der Waals surface area contributed by atoms with E-state index in [2.05, 4.69) is 41.2 Å². The average molecular weight is 203 g/mol. The van der Waals surface area contributed by atoms with Crippen LogP contribution in [0.1, 0.15) is 47.5 Å². The minimum absolute atomic E-state index is 0.368. The van der Waals surface area contributed by atoms with E-state index < -0.39 is 0 Å². The van der Waals surface area contributed by atoms with E-state index in [1.165, 1.54) is 6.42 Å². The number of hydrogen-bond donors (Lipinski definition) is 0. The molecular weight excluding hydrogens is 180 g/mol. The van der Waals surface area contributed by atoms with Gasteiger partial charge in [-0.25, -0.2) is 0 Å². The van der Waals surface area contributed by atoms with Crippen molar-refractivity contribution in [2.24, 2.45) is 17.3 Å². The van der Waals surface area contributed by atoms with E-state index in [-0.39, 0.29) is 0 Å². The van der Waals surface area contributed by atoms with Crippen LogP contribution in [0.5, 0.6) is 0 Å². The van der Waals surface area contributed by atoms with Gasteiger partial charge in [-0.1, -0.05) is 59.2 Å². The van der Waals surface area contributed by atoms with Crippen molar-refractivity contribution >= 4 is 11.6 Å². The molecule has 78 valence electrons. The predicted octanol–water partition coefficient (Wildman–Crippen LogP) is 4.84. The zero-order chi connectivity index (χ0) is 10.6. The van der Waals surface area contributed by atoms with Crippen LogP contribution in [0, 0.1) is 17.3 Å². The lowest BCUT2D eigenvalue weighted by Crippen LogP contribution is -2.25. The van der Waals surface area contributed by atoms with Crippen LogP contribution in [0.25, 0.3) is 0 Å². The van der Waals surface area contributed by atoms with Gasteiger partial charge < -0.3 is 0 Å². The van der Waals surface area contributed by atoms with E-state index >= 15 is 0 Å². The number of rotatable bonds is 4. The second-order valence-corrected chi connectivity index (χ2v) is 5.58. The topological polar surface area (TPSA) is 0 Å². The normalized spacial score (nSPS) is 16.8. The third-order valence-corrected chi connectivity index (χ3v) is 3.24. The molecular formula is C12H23Cl. The molecule has 0 radical (unpaired) electrons. The van der Waals surface area contributed by atoms with Crippen LogP contribution in [0.15, 0.2) is 11.6 Å². The summed E-state index contributed by atoms with van der Waals surface area (Å²) in [6.07, 6.45) is 2.14. The third kappa shape index (κ3) is 4.71. The molecule has 0 saturated carbocycles. The quantitative estimate of drug-likeness (QED) is 0.612. The number of halogens is 1. The highest BCUT2D eigenvalue weighted by molar-refractivity contribution is 6.29. The van der Waals surface area contributed by atoms with Crippen molar-refractivity contribution in [3.63, 3.8) is 0 Å². The van der Waals surface area contributed by atoms with Crippen molar-refractivity contribution in [1.29, 1.82) is 0 Å². The maximum absolute atomic E-state index is 5.85. The van der Waals surface area contributed by atoms with E-state index in [0.29, 0.717) is 17.3 Å². The van der Waals surface area contributed by atoms with Gasteiger partial charge in [-0.2, -0.15) is 0 Å². The molecule has 0 spiro atoms. The Morgan fingerprint density at radius 1 is 1.38 bits per heavy atom. The van der Waals surface area contributed by atoms with Crippen LogP contribution in [-0.2, 0) is 0 Å². The second kappa shape index (κ2) is 5.05. The van der Waals surface area contributed by atoms with Gasteiger partial charge in [-0.3, -0.25) is 0 Å². The summed E-state index contributed by atoms with van der Waals surface area (Å²) in [5, 5.41) is 0.794. The Morgan fingerprint density at radius 2 is 1.85 bits per heavy atom. The monoisotopic (exact) mass is 202 g/mol. The largest absolute Gasteiger partial charge is 0.0898 e. The maximum atomic E-state index is 5.85. The molecule has 0 N–H and O–H groups in total. The molecule has 2 unspecified atom stereocenters. The summed E-state index contributed by atoms with van der Waals surface area (Å²) in [4.78, 5) is 0. The minimum Gasteiger partial charge on any atom is -0.0898 e. The lowest BCUT2D eigenvalue weighted by molar-refractivity contribution is 0.172. The third-order valence-electron chi connectivity index (χ3n) is 3.08. The van der Waals surface area contributed by atoms with Gasteiger partial charge in [0.05, 0.1) is 0 Å². The summed E-state index contributed by atoms with van der Waals surface area (Å²) >= 11 is 5.85. The summed E-state index contributed by atoms with van der Waals surface area (Å²) in [5.74, 6) is 1.36. The molecule has 0 aromatic heterocycles. The van der Waals surface area contributed by atoms with Crippen molar-refractivity contribution < 1.29 is 0 Å². The van der Waals surface area contributed by atoms with Crippen molar-refractivity contribution in [3.8, 4) is 0 Å². The standard InChI is InChI=1S/C12H23Cl/c1-7-11(8-9(2)13)10(3)12(4,5)6/h10-11H,2,7-8H2,1,3-6H3. The fourth-order valence-electron chi connectivity index (χ4n) is 1.67. The average Bonchev–Trinajstić information content (AvgIpc) is 1.96. The molecule has 0 aliphatic rings. The van der Waals surface area contributed by atoms with Crippen LogP contribution >= 0.6 is 11.6 Å². The first kappa shape index (κ1) is 13.0. The fourth-order valence-corrected chi connectivity index (χ4v) is 1.86. The van der Waals surface area contributed by atoms with Gasteiger partial charge in [0, 0.05) is 5.03 Å². The molecule has 0 saturated heterocycles. The minimum atomic E-state index is 0.368. The summed E-state index contributed by atoms with van der Waals surface area (Å²) in [7, 11) is 0. The van der Waals surface area contributed by atoms with Crippen LogP contribution in [-0.4, -0.2) is 0 Å². The van der Waals surface area contributed by atoms with E-state index in [1.807, 2.05) is 0 Å². The summed E-state index contributed by atoms with van der Waals surface area (Å²) in [6.45, 7) is 15.2. The van der Waals surface area contributed by atoms with Crippen LogP contribution in [0.3, 0.4) is 0 Å². The van der Waals surface area contributed by atoms with E-state index in [1.54, 1.807) is 0 Å². The van der Waals surface area contributed by atoms with Gasteiger partial charge in [0.1, 0.15) is 0 Å². The van der Waals surface area contributed by atoms with Crippen LogP contribution < -0.4 is 0 Å². The maximum Gasteiger partial charge on any atom is 0.0112 e. The summed E-state index contributed by atoms with van der Waals surface area (Å²) in [5.41, 5.74) is 0.368. The lowest BCUT2D eigenvalue weighted by atomic mass is 9.72. The molecule has 0 fully saturated rings. The molecule has 0 aromatic rings. The highest BCUT2D eigenvalue weighted by atomic mass is 35.5. The number of hydrogen-bond acceptors (Lipinski definition) is 0.